The summed E-state index contributed by atoms with van der Waals surface area (Å²) in [6.07, 6.45) is 3.88. The molecule has 0 spiro atoms. The summed E-state index contributed by atoms with van der Waals surface area (Å²) in [6, 6.07) is 0. The van der Waals surface area contributed by atoms with E-state index in [1.165, 1.54) is 6.42 Å². The van der Waals surface area contributed by atoms with Gasteiger partial charge in [0.15, 0.2) is 0 Å². The van der Waals surface area contributed by atoms with Crippen molar-refractivity contribution in [2.75, 3.05) is 0 Å². The highest BCUT2D eigenvalue weighted by atomic mass is 16.3. The van der Waals surface area contributed by atoms with Crippen LogP contribution in [-0.4, -0.2) is 22.4 Å². The topological polar surface area (TPSA) is 40.5 Å². The molecule has 0 aliphatic heterocycles. The molecule has 0 aromatic rings. The van der Waals surface area contributed by atoms with E-state index in [0.29, 0.717) is 11.8 Å². The van der Waals surface area contributed by atoms with Crippen molar-refractivity contribution in [2.45, 2.75) is 44.8 Å². The Morgan fingerprint density at radius 1 is 1.17 bits per heavy atom. The zero-order valence-electron chi connectivity index (χ0n) is 7.61. The maximum Gasteiger partial charge on any atom is 0.0621 e. The van der Waals surface area contributed by atoms with Crippen LogP contribution in [0.4, 0.5) is 0 Å². The van der Waals surface area contributed by atoms with Gasteiger partial charge in [-0.25, -0.2) is 0 Å². The minimum Gasteiger partial charge on any atom is -0.393 e. The lowest BCUT2D eigenvalue weighted by molar-refractivity contribution is -0.0200. The van der Waals surface area contributed by atoms with Gasteiger partial charge < -0.3 is 10.2 Å². The van der Waals surface area contributed by atoms with Crippen LogP contribution in [-0.2, 0) is 0 Å². The standard InChI is InChI=1S/C10H18O2/c1-6-5-7-3-2-4-8(11)9(7)10(6)12/h6-12H,2-5H2,1H3/t6-,7-,8-,9+,10+/m1/s1. The first-order valence-electron chi connectivity index (χ1n) is 5.06. The van der Waals surface area contributed by atoms with Crippen LogP contribution in [0.3, 0.4) is 0 Å². The van der Waals surface area contributed by atoms with E-state index >= 15 is 0 Å². The molecule has 0 heterocycles. The van der Waals surface area contributed by atoms with E-state index in [1.807, 2.05) is 0 Å². The third-order valence-electron chi connectivity index (χ3n) is 3.72. The number of fused-ring (bicyclic) bond motifs is 1. The Balaban J connectivity index is 2.12. The maximum absolute atomic E-state index is 9.80. The van der Waals surface area contributed by atoms with Crippen molar-refractivity contribution < 1.29 is 10.2 Å². The largest absolute Gasteiger partial charge is 0.393 e. The Morgan fingerprint density at radius 2 is 1.92 bits per heavy atom. The van der Waals surface area contributed by atoms with Crippen molar-refractivity contribution in [3.05, 3.63) is 0 Å². The summed E-state index contributed by atoms with van der Waals surface area (Å²) in [7, 11) is 0. The lowest BCUT2D eigenvalue weighted by Gasteiger charge is -2.32. The van der Waals surface area contributed by atoms with Gasteiger partial charge in [0.1, 0.15) is 0 Å². The monoisotopic (exact) mass is 170 g/mol. The van der Waals surface area contributed by atoms with Crippen molar-refractivity contribution in [1.82, 2.24) is 0 Å². The van der Waals surface area contributed by atoms with Crippen molar-refractivity contribution in [3.8, 4) is 0 Å². The number of hydrogen-bond acceptors (Lipinski definition) is 2. The normalized spacial score (nSPS) is 53.8. The minimum absolute atomic E-state index is 0.189. The first-order chi connectivity index (χ1) is 5.70. The molecule has 0 bridgehead atoms. The van der Waals surface area contributed by atoms with E-state index in [1.54, 1.807) is 0 Å². The van der Waals surface area contributed by atoms with Gasteiger partial charge in [-0.3, -0.25) is 0 Å². The van der Waals surface area contributed by atoms with Gasteiger partial charge in [0.05, 0.1) is 12.2 Å². The van der Waals surface area contributed by atoms with Gasteiger partial charge in [0.25, 0.3) is 0 Å². The van der Waals surface area contributed by atoms with Crippen LogP contribution in [0.25, 0.3) is 0 Å². The van der Waals surface area contributed by atoms with Crippen LogP contribution >= 0.6 is 0 Å². The fourth-order valence-electron chi connectivity index (χ4n) is 3.07. The Labute approximate surface area is 73.6 Å². The van der Waals surface area contributed by atoms with Crippen LogP contribution in [0.2, 0.25) is 0 Å². The molecule has 2 heteroatoms. The molecule has 0 unspecified atom stereocenters. The molecule has 12 heavy (non-hydrogen) atoms. The molecule has 2 nitrogen and oxygen atoms in total. The summed E-state index contributed by atoms with van der Waals surface area (Å²) >= 11 is 0. The molecule has 2 saturated carbocycles. The summed E-state index contributed by atoms with van der Waals surface area (Å²) in [6.45, 7) is 2.09. The number of aliphatic hydroxyl groups excluding tert-OH is 2. The van der Waals surface area contributed by atoms with Gasteiger partial charge in [-0.1, -0.05) is 13.3 Å². The highest BCUT2D eigenvalue weighted by Gasteiger charge is 2.45. The Kier molecular flexibility index (Phi) is 2.13. The SMILES string of the molecule is C[C@@H]1C[C@H]2CCC[C@@H](O)[C@H]2[C@H]1O. The van der Waals surface area contributed by atoms with E-state index in [4.69, 9.17) is 0 Å². The Hall–Kier alpha value is -0.0800. The zero-order valence-corrected chi connectivity index (χ0v) is 7.61. The van der Waals surface area contributed by atoms with E-state index < -0.39 is 0 Å². The summed E-state index contributed by atoms with van der Waals surface area (Å²) in [4.78, 5) is 0. The summed E-state index contributed by atoms with van der Waals surface area (Å²) < 4.78 is 0. The Morgan fingerprint density at radius 3 is 2.58 bits per heavy atom. The second kappa shape index (κ2) is 3.00. The molecule has 0 radical (unpaired) electrons. The van der Waals surface area contributed by atoms with E-state index in [9.17, 15) is 10.2 Å². The quantitative estimate of drug-likeness (QED) is 0.573. The molecule has 2 aliphatic carbocycles. The highest BCUT2D eigenvalue weighted by Crippen LogP contribution is 2.45. The average Bonchev–Trinajstić information content (AvgIpc) is 2.29. The smallest absolute Gasteiger partial charge is 0.0621 e. The van der Waals surface area contributed by atoms with Gasteiger partial charge in [0, 0.05) is 5.92 Å². The molecule has 2 fully saturated rings. The molecular formula is C10H18O2. The number of aliphatic hydroxyl groups is 2. The van der Waals surface area contributed by atoms with Gasteiger partial charge in [-0.15, -0.1) is 0 Å². The third kappa shape index (κ3) is 1.17. The first kappa shape index (κ1) is 8.52. The van der Waals surface area contributed by atoms with Crippen LogP contribution in [0, 0.1) is 17.8 Å². The fourth-order valence-corrected chi connectivity index (χ4v) is 3.07. The predicted molar refractivity (Wildman–Crippen MR) is 46.6 cm³/mol. The lowest BCUT2D eigenvalue weighted by Crippen LogP contribution is -2.36. The highest BCUT2D eigenvalue weighted by molar-refractivity contribution is 4.95. The van der Waals surface area contributed by atoms with Gasteiger partial charge in [-0.05, 0) is 31.1 Å². The lowest BCUT2D eigenvalue weighted by atomic mass is 9.79. The summed E-state index contributed by atoms with van der Waals surface area (Å²) in [5.74, 6) is 1.18. The molecule has 2 aliphatic rings. The molecule has 2 N–H and O–H groups in total. The van der Waals surface area contributed by atoms with Crippen molar-refractivity contribution >= 4 is 0 Å². The Bertz CT molecular complexity index is 169. The van der Waals surface area contributed by atoms with Gasteiger partial charge >= 0.3 is 0 Å². The molecule has 0 saturated heterocycles. The summed E-state index contributed by atoms with van der Waals surface area (Å²) in [5.41, 5.74) is 0. The van der Waals surface area contributed by atoms with Crippen LogP contribution in [0.1, 0.15) is 32.6 Å². The molecule has 70 valence electrons. The van der Waals surface area contributed by atoms with Gasteiger partial charge in [-0.2, -0.15) is 0 Å². The van der Waals surface area contributed by atoms with Gasteiger partial charge in [0.2, 0.25) is 0 Å². The second-order valence-corrected chi connectivity index (χ2v) is 4.54. The third-order valence-corrected chi connectivity index (χ3v) is 3.72. The maximum atomic E-state index is 9.80. The molecular weight excluding hydrogens is 152 g/mol. The van der Waals surface area contributed by atoms with Crippen LogP contribution < -0.4 is 0 Å². The van der Waals surface area contributed by atoms with E-state index in [2.05, 4.69) is 6.92 Å². The molecule has 0 amide bonds. The molecule has 2 rings (SSSR count). The second-order valence-electron chi connectivity index (χ2n) is 4.54. The number of rotatable bonds is 0. The minimum atomic E-state index is -0.245. The molecule has 0 aromatic carbocycles. The first-order valence-corrected chi connectivity index (χ1v) is 5.06. The number of hydrogen-bond donors (Lipinski definition) is 2. The fraction of sp³-hybridized carbons (Fsp3) is 1.00. The van der Waals surface area contributed by atoms with Crippen molar-refractivity contribution in [1.29, 1.82) is 0 Å². The van der Waals surface area contributed by atoms with E-state index in [-0.39, 0.29) is 18.1 Å². The van der Waals surface area contributed by atoms with Crippen molar-refractivity contribution in [3.63, 3.8) is 0 Å². The average molecular weight is 170 g/mol. The zero-order chi connectivity index (χ0) is 8.72. The van der Waals surface area contributed by atoms with Crippen LogP contribution in [0.15, 0.2) is 0 Å². The predicted octanol–water partition coefficient (Wildman–Crippen LogP) is 1.16. The van der Waals surface area contributed by atoms with Crippen LogP contribution in [0.5, 0.6) is 0 Å². The van der Waals surface area contributed by atoms with E-state index in [0.717, 1.165) is 19.3 Å². The molecule has 0 aromatic heterocycles. The molecule has 5 atom stereocenters. The van der Waals surface area contributed by atoms with Crippen molar-refractivity contribution in [2.24, 2.45) is 17.8 Å². The summed E-state index contributed by atoms with van der Waals surface area (Å²) in [5, 5.41) is 19.5.